The second-order valence-corrected chi connectivity index (χ2v) is 38.9. The number of phenols is 1. The van der Waals surface area contributed by atoms with E-state index in [1.54, 1.807) is 18.2 Å². The molecule has 130 heavy (non-hydrogen) atoms. The molecular weight excluding hydrogens is 1670 g/mol. The van der Waals surface area contributed by atoms with Crippen LogP contribution in [0.15, 0.2) is 210 Å². The molecule has 0 fully saturated rings. The van der Waals surface area contributed by atoms with Crippen LogP contribution < -0.4 is 73.6 Å². The lowest BCUT2D eigenvalue weighted by Crippen LogP contribution is -2.49. The van der Waals surface area contributed by atoms with Crippen molar-refractivity contribution in [3.05, 3.63) is 289 Å². The van der Waals surface area contributed by atoms with Crippen molar-refractivity contribution in [3.8, 4) is 5.75 Å². The molecule has 0 aromatic heterocycles. The van der Waals surface area contributed by atoms with Crippen molar-refractivity contribution in [2.24, 2.45) is 0 Å². The van der Waals surface area contributed by atoms with Gasteiger partial charge in [0, 0.05) is 165 Å². The van der Waals surface area contributed by atoms with Crippen molar-refractivity contribution in [1.29, 1.82) is 0 Å². The van der Waals surface area contributed by atoms with Crippen molar-refractivity contribution in [2.45, 2.75) is 115 Å². The number of aromatic hydroxyl groups is 1. The second-order valence-electron chi connectivity index (χ2n) is 36.2. The van der Waals surface area contributed by atoms with Crippen molar-refractivity contribution >= 4 is 99.9 Å². The van der Waals surface area contributed by atoms with Gasteiger partial charge < -0.3 is 78.7 Å². The summed E-state index contributed by atoms with van der Waals surface area (Å²) >= 11 is 0. The zero-order valence-electron chi connectivity index (χ0n) is 76.9. The average molecular weight is 1800 g/mol. The van der Waals surface area contributed by atoms with Crippen LogP contribution in [0.2, 0.25) is 0 Å². The number of hydrogen-bond acceptors (Lipinski definition) is 25. The van der Waals surface area contributed by atoms with E-state index >= 15 is 0 Å². The molecule has 2 bridgehead atoms. The molecule has 11 aromatic carbocycles. The van der Waals surface area contributed by atoms with Crippen LogP contribution in [0.5, 0.6) is 5.75 Å². The molecule has 8 aliphatic rings. The third kappa shape index (κ3) is 17.4. The highest BCUT2D eigenvalue weighted by atomic mass is 32.2. The van der Waals surface area contributed by atoms with Gasteiger partial charge in [-0.25, -0.2) is 0 Å². The molecule has 0 unspecified atom stereocenters. The quantitative estimate of drug-likeness (QED) is 0.0143. The highest BCUT2D eigenvalue weighted by Gasteiger charge is 2.46. The molecule has 0 atom stereocenters. The van der Waals surface area contributed by atoms with E-state index in [0.29, 0.717) is 75.4 Å². The number of hydrogen-bond donors (Lipinski definition) is 9. The highest BCUT2D eigenvalue weighted by molar-refractivity contribution is 7.86. The van der Waals surface area contributed by atoms with Crippen LogP contribution in [0.25, 0.3) is 0 Å². The number of nitrogens with zero attached hydrogens (tertiary/aromatic N) is 14. The Morgan fingerprint density at radius 1 is 0.277 bits per heavy atom. The van der Waals surface area contributed by atoms with Crippen LogP contribution in [0.3, 0.4) is 0 Å². The lowest BCUT2D eigenvalue weighted by molar-refractivity contribution is 0.295. The number of rotatable bonds is 16. The molecule has 11 aromatic rings. The summed E-state index contributed by atoms with van der Waals surface area (Å²) in [6.45, 7) is 29.1. The van der Waals surface area contributed by atoms with E-state index in [1.165, 1.54) is 68.1 Å². The minimum atomic E-state index is -4.54. The summed E-state index contributed by atoms with van der Waals surface area (Å²) in [5.41, 5.74) is 63.8. The number of nitrogens with two attached hydrogens (primary N) is 6. The summed E-state index contributed by atoms with van der Waals surface area (Å²) < 4.78 is 71.8. The summed E-state index contributed by atoms with van der Waals surface area (Å²) in [6, 6.07) is 68.9. The van der Waals surface area contributed by atoms with Gasteiger partial charge in [-0.2, -0.15) is 16.8 Å². The standard InChI is InChI=1S/C54H68N10O3S.C25H24N4.C16H26N4O3S.C6H8N2O/c1-9-59-32-55(5)26-37-21-42(13-17-47(37)59)54(43-14-18-48-38(22-43)27-56(6)33-60(48)10-2,44-15-19-49-39(23-44)28-57(7)34-61(49)11-3)45-16-20-50-40(24-45)30-64-36-63(50)31-46-52-41(29-58(8)35-62(52)12-4)25-51(53(46)64)68(65,66)67;26-21-9-1-17(2-10-21)25(18-3-11-22(27)12-4-18,19-5-13-23(28)14-6-19)20-7-15-24(29)16-8-20;1-5-19-10-17(3)8-12-7-14(24(21,22)23)16-13(15(12)19)9-18(4)11-20(16)6-2;7-4-1-2-6(9)5(8)3-4/h13-25H,9-12,26-36H2,1-8H3,(H,65,66,67);1-16H,26-29H2;7H,5-6,8-11H2,1-4H3,(H,21,22,23);1-3,9H,7-8H2. The fourth-order valence-electron chi connectivity index (χ4n) is 21.2. The Kier molecular flexibility index (Phi) is 25.8. The van der Waals surface area contributed by atoms with Gasteiger partial charge in [-0.05, 0) is 265 Å². The van der Waals surface area contributed by atoms with Crippen LogP contribution in [-0.4, -0.2) is 189 Å². The van der Waals surface area contributed by atoms with Crippen LogP contribution in [0.1, 0.15) is 131 Å². The fourth-order valence-corrected chi connectivity index (χ4v) is 22.8. The summed E-state index contributed by atoms with van der Waals surface area (Å²) in [5, 5.41) is 8.86. The summed E-state index contributed by atoms with van der Waals surface area (Å²) in [7, 11) is 3.94. The Hall–Kier alpha value is -12.0. The number of phenolic OH excluding ortho intramolecular Hbond substituents is 1. The van der Waals surface area contributed by atoms with Gasteiger partial charge in [0.25, 0.3) is 20.2 Å². The normalized spacial score (nSPS) is 16.6. The van der Waals surface area contributed by atoms with Gasteiger partial charge in [0.15, 0.2) is 0 Å². The molecule has 19 rings (SSSR count). The minimum absolute atomic E-state index is 0.00616. The Labute approximate surface area is 766 Å². The summed E-state index contributed by atoms with van der Waals surface area (Å²) in [6.07, 6.45) is 0. The maximum atomic E-state index is 13.4. The maximum absolute atomic E-state index is 13.4. The SMILES string of the molecule is CCN1CN(C)Cc2cc(C(c3ccc4c(c3)CN(C)CN4CC)(c3ccc4c(c3)CN(C)CN4CC)c3ccc4c(c3)CN3CN4Cc4c5c(cc(S(=O)(=O)O)c43)CN(C)CN5CC)ccc21.CCN1CN(C)Cc2cc(S(=O)(=O)O)c3c(c21)CN(C)CN3CC.Nc1ccc(C(c2ccc(N)cc2)(c2ccc(N)cc2)c2ccc(N)cc2)cc1.Nc1ccc(O)c(N)c1. The van der Waals surface area contributed by atoms with E-state index in [-0.39, 0.29) is 15.5 Å². The van der Waals surface area contributed by atoms with Gasteiger partial charge in [0.2, 0.25) is 0 Å². The molecule has 0 saturated heterocycles. The molecule has 0 aliphatic carbocycles. The Balaban J connectivity index is 0.000000162. The Bertz CT molecular complexity index is 5910. The second kappa shape index (κ2) is 36.7. The predicted octanol–water partition coefficient (Wildman–Crippen LogP) is 13.9. The van der Waals surface area contributed by atoms with Gasteiger partial charge >= 0.3 is 0 Å². The largest absolute Gasteiger partial charge is 0.506 e. The summed E-state index contributed by atoms with van der Waals surface area (Å²) in [5.74, 6) is 0.0733. The molecule has 684 valence electrons. The van der Waals surface area contributed by atoms with Gasteiger partial charge in [-0.1, -0.05) is 97.1 Å². The maximum Gasteiger partial charge on any atom is 0.296 e. The van der Waals surface area contributed by atoms with Gasteiger partial charge in [-0.15, -0.1) is 0 Å². The van der Waals surface area contributed by atoms with Crippen molar-refractivity contribution in [3.63, 3.8) is 0 Å². The molecule has 0 radical (unpaired) electrons. The molecule has 8 heterocycles. The first-order valence-corrected chi connectivity index (χ1v) is 47.8. The smallest absolute Gasteiger partial charge is 0.296 e. The molecular formula is C101H126N20O7S2. The minimum Gasteiger partial charge on any atom is -0.506 e. The van der Waals surface area contributed by atoms with E-state index in [0.717, 1.165) is 176 Å². The van der Waals surface area contributed by atoms with Crippen molar-refractivity contribution in [2.75, 3.05) is 202 Å². The zero-order chi connectivity index (χ0) is 92.3. The molecule has 29 heteroatoms. The van der Waals surface area contributed by atoms with Crippen LogP contribution >= 0.6 is 0 Å². The third-order valence-corrected chi connectivity index (χ3v) is 28.7. The van der Waals surface area contributed by atoms with Gasteiger partial charge in [0.1, 0.15) is 15.5 Å². The Morgan fingerprint density at radius 2 is 0.554 bits per heavy atom. The van der Waals surface area contributed by atoms with Gasteiger partial charge in [-0.3, -0.25) is 38.5 Å². The molecule has 0 saturated carbocycles. The van der Waals surface area contributed by atoms with Crippen LogP contribution in [0, 0.1) is 0 Å². The average Bonchev–Trinajstić information content (AvgIpc) is 0.707. The van der Waals surface area contributed by atoms with Crippen molar-refractivity contribution in [1.82, 2.24) is 29.4 Å². The van der Waals surface area contributed by atoms with E-state index in [1.807, 2.05) is 74.4 Å². The third-order valence-electron chi connectivity index (χ3n) is 26.9. The van der Waals surface area contributed by atoms with Crippen molar-refractivity contribution < 1.29 is 31.0 Å². The van der Waals surface area contributed by atoms with E-state index in [2.05, 4.69) is 248 Å². The fraction of sp³-hybridized carbons (Fsp3) is 0.347. The predicted molar refractivity (Wildman–Crippen MR) is 530 cm³/mol. The van der Waals surface area contributed by atoms with E-state index in [4.69, 9.17) is 39.5 Å². The highest BCUT2D eigenvalue weighted by Crippen LogP contribution is 2.55. The molecule has 27 nitrogen and oxygen atoms in total. The zero-order valence-corrected chi connectivity index (χ0v) is 78.6. The number of nitrogen functional groups attached to an aromatic ring is 6. The first-order valence-electron chi connectivity index (χ1n) is 44.9. The van der Waals surface area contributed by atoms with E-state index < -0.39 is 31.1 Å². The first-order chi connectivity index (χ1) is 62.2. The molecule has 0 amide bonds. The Morgan fingerprint density at radius 3 is 0.885 bits per heavy atom. The van der Waals surface area contributed by atoms with Gasteiger partial charge in [0.05, 0.1) is 74.6 Å². The lowest BCUT2D eigenvalue weighted by Gasteiger charge is -2.48. The molecule has 0 spiro atoms. The van der Waals surface area contributed by atoms with Crippen LogP contribution in [-0.2, 0) is 83.4 Å². The first kappa shape index (κ1) is 91.3. The molecule has 15 N–H and O–H groups in total. The topological polar surface area (TPSA) is 330 Å². The van der Waals surface area contributed by atoms with E-state index in [9.17, 15) is 25.9 Å². The number of fused-ring (bicyclic) bond motifs is 14. The summed E-state index contributed by atoms with van der Waals surface area (Å²) in [4.78, 5) is 32.5. The molecule has 8 aliphatic heterocycles. The van der Waals surface area contributed by atoms with Crippen LogP contribution in [0.4, 0.5) is 79.6 Å². The lowest BCUT2D eigenvalue weighted by atomic mass is 9.63. The number of anilines is 14. The monoisotopic (exact) mass is 1790 g/mol. The number of benzene rings is 11.